The summed E-state index contributed by atoms with van der Waals surface area (Å²) in [7, 11) is 0. The molecular weight excluding hydrogens is 420 g/mol. The molecule has 2 fully saturated rings. The molecule has 1 atom stereocenters. The predicted octanol–water partition coefficient (Wildman–Crippen LogP) is 4.71. The fourth-order valence-electron chi connectivity index (χ4n) is 5.27. The standard InChI is InChI=1S/C27H35F2N3O/c1-20(2)19-32-14-4-3-5-25(32)27(33)31-17-15-30(16-18-31)26(21-6-10-23(28)11-7-21)22-8-12-24(29)13-9-22/h6-13,20,25-26H,3-5,14-19H2,1-2H3/t25-/m0/s1. The zero-order chi connectivity index (χ0) is 23.4. The van der Waals surface area contributed by atoms with E-state index in [9.17, 15) is 13.6 Å². The number of benzene rings is 2. The molecule has 0 radical (unpaired) electrons. The lowest BCUT2D eigenvalue weighted by atomic mass is 9.96. The molecule has 4 rings (SSSR count). The van der Waals surface area contributed by atoms with Gasteiger partial charge in [-0.1, -0.05) is 44.5 Å². The first-order valence-corrected chi connectivity index (χ1v) is 12.2. The zero-order valence-electron chi connectivity index (χ0n) is 19.7. The second-order valence-electron chi connectivity index (χ2n) is 9.77. The minimum Gasteiger partial charge on any atom is -0.339 e. The van der Waals surface area contributed by atoms with Crippen molar-refractivity contribution >= 4 is 5.91 Å². The third-order valence-corrected chi connectivity index (χ3v) is 6.86. The van der Waals surface area contributed by atoms with Gasteiger partial charge in [0.2, 0.25) is 5.91 Å². The van der Waals surface area contributed by atoms with Gasteiger partial charge in [-0.3, -0.25) is 14.6 Å². The molecule has 2 aliphatic rings. The predicted molar refractivity (Wildman–Crippen MR) is 127 cm³/mol. The van der Waals surface area contributed by atoms with E-state index >= 15 is 0 Å². The number of hydrogen-bond donors (Lipinski definition) is 0. The summed E-state index contributed by atoms with van der Waals surface area (Å²) in [6.45, 7) is 9.18. The first-order valence-electron chi connectivity index (χ1n) is 12.2. The molecule has 2 aromatic carbocycles. The Balaban J connectivity index is 1.47. The summed E-state index contributed by atoms with van der Waals surface area (Å²) in [5.41, 5.74) is 1.94. The van der Waals surface area contributed by atoms with Gasteiger partial charge in [-0.15, -0.1) is 0 Å². The Hall–Kier alpha value is -2.31. The highest BCUT2D eigenvalue weighted by Crippen LogP contribution is 2.30. The van der Waals surface area contributed by atoms with Gasteiger partial charge in [-0.25, -0.2) is 8.78 Å². The van der Waals surface area contributed by atoms with Crippen LogP contribution >= 0.6 is 0 Å². The maximum atomic E-state index is 13.6. The lowest BCUT2D eigenvalue weighted by Crippen LogP contribution is -2.56. The Labute approximate surface area is 196 Å². The van der Waals surface area contributed by atoms with Crippen molar-refractivity contribution in [1.82, 2.24) is 14.7 Å². The van der Waals surface area contributed by atoms with Crippen LogP contribution in [0.3, 0.4) is 0 Å². The fourth-order valence-corrected chi connectivity index (χ4v) is 5.27. The number of nitrogens with zero attached hydrogens (tertiary/aromatic N) is 3. The summed E-state index contributed by atoms with van der Waals surface area (Å²) in [5.74, 6) is 0.258. The van der Waals surface area contributed by atoms with Crippen LogP contribution in [0.1, 0.15) is 50.3 Å². The molecule has 33 heavy (non-hydrogen) atoms. The molecule has 2 heterocycles. The molecule has 0 saturated carbocycles. The maximum Gasteiger partial charge on any atom is 0.240 e. The van der Waals surface area contributed by atoms with Gasteiger partial charge < -0.3 is 4.90 Å². The molecule has 0 N–H and O–H groups in total. The number of likely N-dealkylation sites (tertiary alicyclic amines) is 1. The molecule has 2 aromatic rings. The normalized spacial score (nSPS) is 20.5. The summed E-state index contributed by atoms with van der Waals surface area (Å²) in [4.78, 5) is 20.1. The summed E-state index contributed by atoms with van der Waals surface area (Å²) < 4.78 is 27.1. The van der Waals surface area contributed by atoms with Gasteiger partial charge in [0, 0.05) is 32.7 Å². The third-order valence-electron chi connectivity index (χ3n) is 6.86. The Morgan fingerprint density at radius 2 is 1.39 bits per heavy atom. The van der Waals surface area contributed by atoms with Crippen LogP contribution in [0, 0.1) is 17.6 Å². The summed E-state index contributed by atoms with van der Waals surface area (Å²) in [6.07, 6.45) is 3.23. The fraction of sp³-hybridized carbons (Fsp3) is 0.519. The second kappa shape index (κ2) is 10.7. The Morgan fingerprint density at radius 1 is 0.848 bits per heavy atom. The number of piperazine rings is 1. The lowest BCUT2D eigenvalue weighted by molar-refractivity contribution is -0.140. The SMILES string of the molecule is CC(C)CN1CCCC[C@H]1C(=O)N1CCN(C(c2ccc(F)cc2)c2ccc(F)cc2)CC1. The van der Waals surface area contributed by atoms with E-state index in [4.69, 9.17) is 0 Å². The molecular formula is C27H35F2N3O. The van der Waals surface area contributed by atoms with Gasteiger partial charge >= 0.3 is 0 Å². The third kappa shape index (κ3) is 5.79. The van der Waals surface area contributed by atoms with Crippen molar-refractivity contribution in [2.75, 3.05) is 39.3 Å². The summed E-state index contributed by atoms with van der Waals surface area (Å²) in [6, 6.07) is 13.0. The van der Waals surface area contributed by atoms with Crippen LogP contribution in [0.5, 0.6) is 0 Å². The lowest BCUT2D eigenvalue weighted by Gasteiger charge is -2.43. The highest BCUT2D eigenvalue weighted by Gasteiger charge is 2.35. The largest absolute Gasteiger partial charge is 0.339 e. The molecule has 178 valence electrons. The van der Waals surface area contributed by atoms with Gasteiger partial charge in [-0.2, -0.15) is 0 Å². The van der Waals surface area contributed by atoms with E-state index in [1.165, 1.54) is 30.7 Å². The van der Waals surface area contributed by atoms with Crippen LogP contribution in [0.25, 0.3) is 0 Å². The first-order chi connectivity index (χ1) is 15.9. The molecule has 0 aromatic heterocycles. The van der Waals surface area contributed by atoms with E-state index in [1.54, 1.807) is 24.3 Å². The van der Waals surface area contributed by atoms with Crippen LogP contribution in [-0.4, -0.2) is 65.9 Å². The van der Waals surface area contributed by atoms with Crippen molar-refractivity contribution < 1.29 is 13.6 Å². The first kappa shape index (κ1) is 23.8. The van der Waals surface area contributed by atoms with Gasteiger partial charge in [0.15, 0.2) is 0 Å². The highest BCUT2D eigenvalue weighted by atomic mass is 19.1. The number of carbonyl (C=O) groups is 1. The zero-order valence-corrected chi connectivity index (χ0v) is 19.7. The quantitative estimate of drug-likeness (QED) is 0.631. The topological polar surface area (TPSA) is 26.8 Å². The van der Waals surface area contributed by atoms with Crippen molar-refractivity contribution in [3.8, 4) is 0 Å². The van der Waals surface area contributed by atoms with Crippen LogP contribution in [0.2, 0.25) is 0 Å². The molecule has 1 amide bonds. The van der Waals surface area contributed by atoms with Crippen LogP contribution in [0.4, 0.5) is 8.78 Å². The summed E-state index contributed by atoms with van der Waals surface area (Å²) in [5, 5.41) is 0. The smallest absolute Gasteiger partial charge is 0.240 e. The van der Waals surface area contributed by atoms with Crippen molar-refractivity contribution in [2.24, 2.45) is 5.92 Å². The molecule has 4 nitrogen and oxygen atoms in total. The van der Waals surface area contributed by atoms with Gasteiger partial charge in [0.1, 0.15) is 11.6 Å². The molecule has 6 heteroatoms. The van der Waals surface area contributed by atoms with Crippen LogP contribution in [-0.2, 0) is 4.79 Å². The van der Waals surface area contributed by atoms with Crippen molar-refractivity contribution in [1.29, 1.82) is 0 Å². The molecule has 2 aliphatic heterocycles. The number of rotatable bonds is 6. The average molecular weight is 456 g/mol. The van der Waals surface area contributed by atoms with Crippen LogP contribution in [0.15, 0.2) is 48.5 Å². The highest BCUT2D eigenvalue weighted by molar-refractivity contribution is 5.82. The monoisotopic (exact) mass is 455 g/mol. The van der Waals surface area contributed by atoms with Crippen molar-refractivity contribution in [2.45, 2.75) is 45.2 Å². The Kier molecular flexibility index (Phi) is 7.76. The maximum absolute atomic E-state index is 13.6. The molecule has 0 unspecified atom stereocenters. The molecule has 0 bridgehead atoms. The van der Waals surface area contributed by atoms with Crippen molar-refractivity contribution in [3.63, 3.8) is 0 Å². The van der Waals surface area contributed by atoms with E-state index in [1.807, 2.05) is 4.90 Å². The second-order valence-corrected chi connectivity index (χ2v) is 9.77. The Bertz CT molecular complexity index is 862. The van der Waals surface area contributed by atoms with E-state index < -0.39 is 0 Å². The van der Waals surface area contributed by atoms with E-state index in [-0.39, 0.29) is 29.6 Å². The number of carbonyl (C=O) groups excluding carboxylic acids is 1. The van der Waals surface area contributed by atoms with Crippen molar-refractivity contribution in [3.05, 3.63) is 71.3 Å². The molecule has 2 saturated heterocycles. The summed E-state index contributed by atoms with van der Waals surface area (Å²) >= 11 is 0. The number of hydrogen-bond acceptors (Lipinski definition) is 3. The Morgan fingerprint density at radius 3 is 1.91 bits per heavy atom. The minimum absolute atomic E-state index is 0.00214. The van der Waals surface area contributed by atoms with E-state index in [0.717, 1.165) is 50.1 Å². The van der Waals surface area contributed by atoms with E-state index in [2.05, 4.69) is 23.6 Å². The van der Waals surface area contributed by atoms with E-state index in [0.29, 0.717) is 19.0 Å². The average Bonchev–Trinajstić information content (AvgIpc) is 2.82. The number of halogens is 2. The van der Waals surface area contributed by atoms with Gasteiger partial charge in [-0.05, 0) is 60.7 Å². The number of amides is 1. The minimum atomic E-state index is -0.273. The molecule has 0 spiro atoms. The molecule has 0 aliphatic carbocycles. The number of piperidine rings is 1. The van der Waals surface area contributed by atoms with Gasteiger partial charge in [0.25, 0.3) is 0 Å². The van der Waals surface area contributed by atoms with Crippen LogP contribution < -0.4 is 0 Å². The van der Waals surface area contributed by atoms with Gasteiger partial charge in [0.05, 0.1) is 12.1 Å².